The Morgan fingerprint density at radius 2 is 1.75 bits per heavy atom. The lowest BCUT2D eigenvalue weighted by Gasteiger charge is -2.22. The Morgan fingerprint density at radius 1 is 1.25 bits per heavy atom. The fourth-order valence-corrected chi connectivity index (χ4v) is 5.03. The van der Waals surface area contributed by atoms with Gasteiger partial charge < -0.3 is 0 Å². The molecule has 1 saturated heterocycles. The van der Waals surface area contributed by atoms with E-state index in [1.165, 1.54) is 0 Å². The minimum absolute atomic E-state index is 0.0136. The quantitative estimate of drug-likeness (QED) is 0.787. The first-order valence-corrected chi connectivity index (χ1v) is 8.78. The lowest BCUT2D eigenvalue weighted by molar-refractivity contribution is 0.530. The van der Waals surface area contributed by atoms with Crippen molar-refractivity contribution in [2.45, 2.75) is 31.9 Å². The third kappa shape index (κ3) is 4.03. The summed E-state index contributed by atoms with van der Waals surface area (Å²) in [7, 11) is -6.34. The van der Waals surface area contributed by atoms with Crippen LogP contribution in [0.25, 0.3) is 0 Å². The third-order valence-corrected chi connectivity index (χ3v) is 6.27. The molecule has 0 saturated carbocycles. The summed E-state index contributed by atoms with van der Waals surface area (Å²) in [6.45, 7) is 4.26. The molecule has 0 unspecified atom stereocenters. The van der Waals surface area contributed by atoms with Crippen LogP contribution >= 0.6 is 0 Å². The average molecular weight is 269 g/mol. The molecule has 7 heteroatoms. The zero-order valence-electron chi connectivity index (χ0n) is 9.64. The van der Waals surface area contributed by atoms with Crippen LogP contribution in [0.5, 0.6) is 0 Å². The number of rotatable bonds is 4. The van der Waals surface area contributed by atoms with Crippen LogP contribution in [0.15, 0.2) is 0 Å². The lowest BCUT2D eigenvalue weighted by Crippen LogP contribution is -2.40. The molecule has 1 heterocycles. The molecule has 1 aliphatic heterocycles. The highest BCUT2D eigenvalue weighted by Crippen LogP contribution is 2.18. The minimum atomic E-state index is -3.34. The molecule has 5 nitrogen and oxygen atoms in total. The fraction of sp³-hybridized carbons (Fsp3) is 1.00. The molecule has 1 N–H and O–H groups in total. The predicted octanol–water partition coefficient (Wildman–Crippen LogP) is 0.139. The van der Waals surface area contributed by atoms with Crippen LogP contribution in [0.2, 0.25) is 0 Å². The van der Waals surface area contributed by atoms with E-state index in [1.807, 2.05) is 13.8 Å². The largest absolute Gasteiger partial charge is 0.229 e. The van der Waals surface area contributed by atoms with Gasteiger partial charge in [-0.15, -0.1) is 0 Å². The van der Waals surface area contributed by atoms with Gasteiger partial charge in [0.25, 0.3) is 0 Å². The highest BCUT2D eigenvalue weighted by molar-refractivity contribution is 7.92. The zero-order valence-corrected chi connectivity index (χ0v) is 11.3. The maximum atomic E-state index is 11.8. The molecular formula is C9H19NO4S2. The summed E-state index contributed by atoms with van der Waals surface area (Å²) >= 11 is 0. The first-order valence-electron chi connectivity index (χ1n) is 5.42. The van der Waals surface area contributed by atoms with Crippen LogP contribution in [0.1, 0.15) is 26.7 Å². The Balaban J connectivity index is 2.58. The second-order valence-corrected chi connectivity index (χ2v) is 8.99. The second kappa shape index (κ2) is 5.01. The maximum absolute atomic E-state index is 11.8. The van der Waals surface area contributed by atoms with Gasteiger partial charge in [-0.1, -0.05) is 13.8 Å². The van der Waals surface area contributed by atoms with Crippen molar-refractivity contribution in [1.82, 2.24) is 4.72 Å². The van der Waals surface area contributed by atoms with Gasteiger partial charge in [0.15, 0.2) is 0 Å². The summed E-state index contributed by atoms with van der Waals surface area (Å²) in [5.74, 6) is 0.225. The van der Waals surface area contributed by atoms with Gasteiger partial charge in [0, 0.05) is 6.54 Å². The molecule has 0 aromatic carbocycles. The highest BCUT2D eigenvalue weighted by Gasteiger charge is 2.32. The van der Waals surface area contributed by atoms with Crippen LogP contribution in [0.3, 0.4) is 0 Å². The van der Waals surface area contributed by atoms with Crippen molar-refractivity contribution in [2.75, 3.05) is 18.1 Å². The van der Waals surface area contributed by atoms with Gasteiger partial charge in [0.1, 0.15) is 9.84 Å². The number of sulfone groups is 1. The molecule has 0 aliphatic carbocycles. The van der Waals surface area contributed by atoms with Gasteiger partial charge in [-0.3, -0.25) is 0 Å². The number of hydrogen-bond donors (Lipinski definition) is 1. The van der Waals surface area contributed by atoms with Crippen molar-refractivity contribution in [3.63, 3.8) is 0 Å². The Kier molecular flexibility index (Phi) is 4.36. The minimum Gasteiger partial charge on any atom is -0.229 e. The van der Waals surface area contributed by atoms with E-state index in [4.69, 9.17) is 0 Å². The Bertz CT molecular complexity index is 410. The monoisotopic (exact) mass is 269 g/mol. The maximum Gasteiger partial charge on any atom is 0.214 e. The van der Waals surface area contributed by atoms with Crippen molar-refractivity contribution in [1.29, 1.82) is 0 Å². The lowest BCUT2D eigenvalue weighted by atomic mass is 10.2. The second-order valence-electron chi connectivity index (χ2n) is 4.64. The molecule has 0 aromatic heterocycles. The van der Waals surface area contributed by atoms with E-state index in [0.29, 0.717) is 6.54 Å². The van der Waals surface area contributed by atoms with Gasteiger partial charge in [-0.2, -0.15) is 0 Å². The van der Waals surface area contributed by atoms with E-state index >= 15 is 0 Å². The number of sulfonamides is 1. The van der Waals surface area contributed by atoms with Crippen LogP contribution < -0.4 is 4.72 Å². The SMILES string of the molecule is CC(C)CNS(=O)(=O)C1CCS(=O)(=O)CC1. The Hall–Kier alpha value is -0.140. The Morgan fingerprint density at radius 3 is 2.19 bits per heavy atom. The van der Waals surface area contributed by atoms with Gasteiger partial charge in [-0.05, 0) is 18.8 Å². The van der Waals surface area contributed by atoms with E-state index in [-0.39, 0.29) is 30.3 Å². The van der Waals surface area contributed by atoms with Gasteiger partial charge >= 0.3 is 0 Å². The summed E-state index contributed by atoms with van der Waals surface area (Å²) in [6, 6.07) is 0. The smallest absolute Gasteiger partial charge is 0.214 e. The van der Waals surface area contributed by atoms with E-state index in [2.05, 4.69) is 4.72 Å². The normalized spacial score (nSPS) is 22.4. The van der Waals surface area contributed by atoms with Crippen molar-refractivity contribution < 1.29 is 16.8 Å². The van der Waals surface area contributed by atoms with Crippen LogP contribution in [0, 0.1) is 5.92 Å². The summed E-state index contributed by atoms with van der Waals surface area (Å²) in [5, 5.41) is -0.547. The predicted molar refractivity (Wildman–Crippen MR) is 63.4 cm³/mol. The molecule has 1 aliphatic rings. The molecule has 0 aromatic rings. The van der Waals surface area contributed by atoms with E-state index in [9.17, 15) is 16.8 Å². The molecular weight excluding hydrogens is 250 g/mol. The van der Waals surface area contributed by atoms with Crippen LogP contribution in [-0.2, 0) is 19.9 Å². The van der Waals surface area contributed by atoms with Crippen LogP contribution in [-0.4, -0.2) is 40.1 Å². The topological polar surface area (TPSA) is 80.3 Å². The van der Waals surface area contributed by atoms with Crippen molar-refractivity contribution in [3.8, 4) is 0 Å². The first kappa shape index (κ1) is 13.9. The van der Waals surface area contributed by atoms with E-state index < -0.39 is 25.1 Å². The summed E-state index contributed by atoms with van der Waals surface area (Å²) < 4.78 is 48.5. The first-order chi connectivity index (χ1) is 7.23. The van der Waals surface area contributed by atoms with Crippen molar-refractivity contribution >= 4 is 19.9 Å². The van der Waals surface area contributed by atoms with E-state index in [0.717, 1.165) is 0 Å². The number of hydrogen-bond acceptors (Lipinski definition) is 4. The summed E-state index contributed by atoms with van der Waals surface area (Å²) in [4.78, 5) is 0. The van der Waals surface area contributed by atoms with Gasteiger partial charge in [0.2, 0.25) is 10.0 Å². The Labute approximate surface area is 97.6 Å². The fourth-order valence-electron chi connectivity index (χ4n) is 1.58. The molecule has 0 radical (unpaired) electrons. The van der Waals surface area contributed by atoms with E-state index in [1.54, 1.807) is 0 Å². The van der Waals surface area contributed by atoms with Gasteiger partial charge in [-0.25, -0.2) is 21.6 Å². The number of nitrogens with one attached hydrogen (secondary N) is 1. The van der Waals surface area contributed by atoms with Crippen molar-refractivity contribution in [3.05, 3.63) is 0 Å². The summed E-state index contributed by atoms with van der Waals surface area (Å²) in [6.07, 6.45) is 0.436. The van der Waals surface area contributed by atoms with Crippen molar-refractivity contribution in [2.24, 2.45) is 5.92 Å². The molecule has 1 fully saturated rings. The standard InChI is InChI=1S/C9H19NO4S2/c1-8(2)7-10-16(13,14)9-3-5-15(11,12)6-4-9/h8-10H,3-7H2,1-2H3. The third-order valence-electron chi connectivity index (χ3n) is 2.63. The molecule has 0 spiro atoms. The highest BCUT2D eigenvalue weighted by atomic mass is 32.2. The average Bonchev–Trinajstić information content (AvgIpc) is 2.14. The van der Waals surface area contributed by atoms with Gasteiger partial charge in [0.05, 0.1) is 16.8 Å². The molecule has 96 valence electrons. The molecule has 0 atom stereocenters. The molecule has 1 rings (SSSR count). The molecule has 16 heavy (non-hydrogen) atoms. The van der Waals surface area contributed by atoms with Crippen LogP contribution in [0.4, 0.5) is 0 Å². The zero-order chi connectivity index (χ0) is 12.4. The molecule has 0 bridgehead atoms. The summed E-state index contributed by atoms with van der Waals surface area (Å²) in [5.41, 5.74) is 0. The molecule has 0 amide bonds.